The Bertz CT molecular complexity index is 518. The summed E-state index contributed by atoms with van der Waals surface area (Å²) in [5.41, 5.74) is 13.8. The quantitative estimate of drug-likeness (QED) is 0.418. The summed E-state index contributed by atoms with van der Waals surface area (Å²) in [4.78, 5) is 0. The molecule has 5 N–H and O–H groups in total. The Labute approximate surface area is 107 Å². The molecule has 1 aromatic heterocycles. The minimum atomic E-state index is 0.692. The molecule has 18 heavy (non-hydrogen) atoms. The Hall–Kier alpha value is -2.17. The van der Waals surface area contributed by atoms with E-state index in [0.29, 0.717) is 11.4 Å². The zero-order valence-corrected chi connectivity index (χ0v) is 10.6. The fourth-order valence-corrected chi connectivity index (χ4v) is 1.86. The molecule has 0 aliphatic rings. The van der Waals surface area contributed by atoms with Gasteiger partial charge in [-0.15, -0.1) is 0 Å². The summed E-state index contributed by atoms with van der Waals surface area (Å²) in [5.74, 6) is 0. The fraction of sp³-hybridized carbons (Fsp3) is 0.308. The van der Waals surface area contributed by atoms with Crippen LogP contribution < -0.4 is 21.4 Å². The number of benzene rings is 1. The van der Waals surface area contributed by atoms with E-state index < -0.39 is 0 Å². The number of nitrogens with zero attached hydrogens (tertiary/aromatic N) is 2. The van der Waals surface area contributed by atoms with E-state index in [1.54, 1.807) is 6.07 Å². The standard InChI is InChI=1S/C13H20N5/c1-17-7-8-18(10-17)6-2-5-16-13-4-3-11(14)9-12(13)15/h3-4,7-10,16H,2,5-6,14-15H2,1H3/q+1. The van der Waals surface area contributed by atoms with Crippen LogP contribution in [-0.4, -0.2) is 11.1 Å². The van der Waals surface area contributed by atoms with Crippen LogP contribution in [0.3, 0.4) is 0 Å². The van der Waals surface area contributed by atoms with E-state index in [2.05, 4.69) is 22.4 Å². The second-order valence-corrected chi connectivity index (χ2v) is 4.44. The molecule has 0 atom stereocenters. The minimum absolute atomic E-state index is 0.692. The molecule has 0 aliphatic carbocycles. The molecule has 0 unspecified atom stereocenters. The van der Waals surface area contributed by atoms with E-state index in [9.17, 15) is 0 Å². The van der Waals surface area contributed by atoms with Crippen molar-refractivity contribution in [2.45, 2.75) is 13.0 Å². The fourth-order valence-electron chi connectivity index (χ4n) is 1.86. The molecule has 0 spiro atoms. The van der Waals surface area contributed by atoms with Crippen LogP contribution in [0, 0.1) is 0 Å². The summed E-state index contributed by atoms with van der Waals surface area (Å²) in [5, 5.41) is 3.32. The van der Waals surface area contributed by atoms with Crippen molar-refractivity contribution in [2.24, 2.45) is 7.05 Å². The summed E-state index contributed by atoms with van der Waals surface area (Å²) in [6.45, 7) is 1.87. The molecule has 0 fully saturated rings. The van der Waals surface area contributed by atoms with Gasteiger partial charge in [0.1, 0.15) is 12.4 Å². The van der Waals surface area contributed by atoms with Gasteiger partial charge >= 0.3 is 0 Å². The molecule has 96 valence electrons. The molecule has 0 amide bonds. The van der Waals surface area contributed by atoms with Gasteiger partial charge in [-0.05, 0) is 18.2 Å². The average Bonchev–Trinajstić information content (AvgIpc) is 2.73. The van der Waals surface area contributed by atoms with Crippen molar-refractivity contribution < 1.29 is 4.57 Å². The van der Waals surface area contributed by atoms with Gasteiger partial charge < -0.3 is 16.8 Å². The number of hydrogen-bond donors (Lipinski definition) is 3. The number of rotatable bonds is 5. The normalized spacial score (nSPS) is 10.5. The third-order valence-electron chi connectivity index (χ3n) is 2.81. The number of hydrogen-bond acceptors (Lipinski definition) is 3. The van der Waals surface area contributed by atoms with Crippen LogP contribution in [0.2, 0.25) is 0 Å². The van der Waals surface area contributed by atoms with Gasteiger partial charge in [0.05, 0.1) is 25.0 Å². The lowest BCUT2D eigenvalue weighted by Crippen LogP contribution is -2.23. The van der Waals surface area contributed by atoms with Crippen LogP contribution in [0.15, 0.2) is 36.9 Å². The Morgan fingerprint density at radius 2 is 2.17 bits per heavy atom. The SMILES string of the molecule is C[n+]1ccn(CCCNc2ccc(N)cc2N)c1. The smallest absolute Gasteiger partial charge is 0.243 e. The van der Waals surface area contributed by atoms with Crippen molar-refractivity contribution in [1.29, 1.82) is 0 Å². The lowest BCUT2D eigenvalue weighted by atomic mass is 10.2. The number of anilines is 3. The van der Waals surface area contributed by atoms with Crippen molar-refractivity contribution in [3.63, 3.8) is 0 Å². The molecule has 5 heteroatoms. The second-order valence-electron chi connectivity index (χ2n) is 4.44. The van der Waals surface area contributed by atoms with E-state index in [1.165, 1.54) is 0 Å². The van der Waals surface area contributed by atoms with Crippen molar-refractivity contribution >= 4 is 17.1 Å². The van der Waals surface area contributed by atoms with Gasteiger partial charge in [0.2, 0.25) is 6.33 Å². The largest absolute Gasteiger partial charge is 0.399 e. The predicted octanol–water partition coefficient (Wildman–Crippen LogP) is 0.979. The van der Waals surface area contributed by atoms with E-state index in [1.807, 2.05) is 29.9 Å². The molecule has 1 heterocycles. The zero-order valence-electron chi connectivity index (χ0n) is 10.6. The average molecular weight is 246 g/mol. The van der Waals surface area contributed by atoms with Gasteiger partial charge in [-0.2, -0.15) is 0 Å². The van der Waals surface area contributed by atoms with Crippen LogP contribution in [0.4, 0.5) is 17.1 Å². The van der Waals surface area contributed by atoms with Gasteiger partial charge in [-0.25, -0.2) is 9.13 Å². The highest BCUT2D eigenvalue weighted by atomic mass is 15.1. The van der Waals surface area contributed by atoms with Gasteiger partial charge in [0, 0.05) is 18.7 Å². The Balaban J connectivity index is 1.78. The van der Waals surface area contributed by atoms with Gasteiger partial charge in [0.15, 0.2) is 0 Å². The molecule has 0 saturated heterocycles. The molecular formula is C13H20N5+. The Morgan fingerprint density at radius 3 is 2.83 bits per heavy atom. The van der Waals surface area contributed by atoms with Gasteiger partial charge in [0.25, 0.3) is 0 Å². The van der Waals surface area contributed by atoms with Crippen molar-refractivity contribution in [3.05, 3.63) is 36.9 Å². The zero-order chi connectivity index (χ0) is 13.0. The first-order chi connectivity index (χ1) is 8.65. The second kappa shape index (κ2) is 5.44. The lowest BCUT2D eigenvalue weighted by molar-refractivity contribution is -0.671. The van der Waals surface area contributed by atoms with E-state index in [0.717, 1.165) is 25.2 Å². The van der Waals surface area contributed by atoms with Crippen LogP contribution >= 0.6 is 0 Å². The van der Waals surface area contributed by atoms with Crippen LogP contribution in [0.25, 0.3) is 0 Å². The lowest BCUT2D eigenvalue weighted by Gasteiger charge is -2.09. The molecule has 0 bridgehead atoms. The third kappa shape index (κ3) is 3.16. The first-order valence-electron chi connectivity index (χ1n) is 6.05. The highest BCUT2D eigenvalue weighted by molar-refractivity contribution is 5.70. The summed E-state index contributed by atoms with van der Waals surface area (Å²) in [6, 6.07) is 5.54. The topological polar surface area (TPSA) is 72.9 Å². The maximum atomic E-state index is 5.87. The molecule has 0 radical (unpaired) electrons. The summed E-state index contributed by atoms with van der Waals surface area (Å²) in [6.07, 6.45) is 7.21. The van der Waals surface area contributed by atoms with E-state index in [-0.39, 0.29) is 0 Å². The summed E-state index contributed by atoms with van der Waals surface area (Å²) >= 11 is 0. The molecule has 2 aromatic rings. The molecular weight excluding hydrogens is 226 g/mol. The van der Waals surface area contributed by atoms with E-state index >= 15 is 0 Å². The van der Waals surface area contributed by atoms with Crippen molar-refractivity contribution in [1.82, 2.24) is 4.57 Å². The van der Waals surface area contributed by atoms with Gasteiger partial charge in [-0.3, -0.25) is 0 Å². The van der Waals surface area contributed by atoms with Crippen LogP contribution in [-0.2, 0) is 13.6 Å². The number of nitrogens with two attached hydrogens (primary N) is 2. The van der Waals surface area contributed by atoms with Crippen molar-refractivity contribution in [3.8, 4) is 0 Å². The van der Waals surface area contributed by atoms with Crippen molar-refractivity contribution in [2.75, 3.05) is 23.3 Å². The van der Waals surface area contributed by atoms with E-state index in [4.69, 9.17) is 11.5 Å². The number of nitrogens with one attached hydrogen (secondary N) is 1. The van der Waals surface area contributed by atoms with Crippen LogP contribution in [0.5, 0.6) is 0 Å². The monoisotopic (exact) mass is 246 g/mol. The highest BCUT2D eigenvalue weighted by Gasteiger charge is 2.01. The number of imidazole rings is 1. The molecule has 5 nitrogen and oxygen atoms in total. The molecule has 0 saturated carbocycles. The number of aryl methyl sites for hydroxylation is 2. The Kier molecular flexibility index (Phi) is 3.72. The summed E-state index contributed by atoms with van der Waals surface area (Å²) < 4.78 is 4.19. The minimum Gasteiger partial charge on any atom is -0.399 e. The number of aromatic nitrogens is 2. The van der Waals surface area contributed by atoms with Gasteiger partial charge in [-0.1, -0.05) is 0 Å². The summed E-state index contributed by atoms with van der Waals surface area (Å²) in [7, 11) is 2.02. The molecule has 0 aliphatic heterocycles. The number of nitrogen functional groups attached to an aromatic ring is 2. The highest BCUT2D eigenvalue weighted by Crippen LogP contribution is 2.20. The van der Waals surface area contributed by atoms with Crippen LogP contribution in [0.1, 0.15) is 6.42 Å². The molecule has 2 rings (SSSR count). The third-order valence-corrected chi connectivity index (χ3v) is 2.81. The first-order valence-corrected chi connectivity index (χ1v) is 6.05. The maximum absolute atomic E-state index is 5.87. The maximum Gasteiger partial charge on any atom is 0.243 e. The molecule has 1 aromatic carbocycles. The predicted molar refractivity (Wildman–Crippen MR) is 74.0 cm³/mol. The first kappa shape index (κ1) is 12.3. The Morgan fingerprint density at radius 1 is 1.33 bits per heavy atom.